The van der Waals surface area contributed by atoms with Gasteiger partial charge in [0.15, 0.2) is 5.17 Å². The first kappa shape index (κ1) is 30.0. The molecule has 0 saturated heterocycles. The molecule has 0 aromatic heterocycles. The van der Waals surface area contributed by atoms with E-state index in [0.29, 0.717) is 17.0 Å². The largest absolute Gasteiger partial charge is 0.497 e. The molecule has 0 bridgehead atoms. The second-order valence-electron chi connectivity index (χ2n) is 9.09. The van der Waals surface area contributed by atoms with E-state index in [4.69, 9.17) is 4.74 Å². The van der Waals surface area contributed by atoms with E-state index in [1.165, 1.54) is 11.0 Å². The van der Waals surface area contributed by atoms with Gasteiger partial charge in [-0.15, -0.1) is 0 Å². The van der Waals surface area contributed by atoms with Crippen LogP contribution in [-0.2, 0) is 14.4 Å². The highest BCUT2D eigenvalue weighted by Gasteiger charge is 2.35. The summed E-state index contributed by atoms with van der Waals surface area (Å²) in [5, 5.41) is 3.20. The number of benzene rings is 3. The Bertz CT molecular complexity index is 1540. The molecule has 4 rings (SSSR count). The second kappa shape index (κ2) is 14.6. The van der Waals surface area contributed by atoms with Crippen molar-refractivity contribution in [3.8, 4) is 5.75 Å². The van der Waals surface area contributed by atoms with Gasteiger partial charge in [-0.25, -0.2) is 0 Å². The first-order valence-corrected chi connectivity index (χ1v) is 14.2. The lowest BCUT2D eigenvalue weighted by atomic mass is 9.99. The number of nitrogens with zero attached hydrogens (tertiary/aromatic N) is 2. The Hall–Kier alpha value is -4.95. The lowest BCUT2D eigenvalue weighted by Crippen LogP contribution is -2.42. The van der Waals surface area contributed by atoms with Crippen LogP contribution in [0, 0.1) is 0 Å². The Kier molecular flexibility index (Phi) is 10.4. The summed E-state index contributed by atoms with van der Waals surface area (Å²) in [5.74, 6) is -0.981. The molecular weight excluding hydrogens is 546 g/mol. The van der Waals surface area contributed by atoms with E-state index in [1.807, 2.05) is 60.7 Å². The molecule has 1 heterocycles. The number of hydrogen-bond donors (Lipinski definition) is 1. The summed E-state index contributed by atoms with van der Waals surface area (Å²) in [4.78, 5) is 45.7. The van der Waals surface area contributed by atoms with Crippen LogP contribution in [0.3, 0.4) is 0 Å². The van der Waals surface area contributed by atoms with Gasteiger partial charge in [0.05, 0.1) is 18.9 Å². The number of carbonyl (C=O) groups excluding carboxylic acids is 3. The monoisotopic (exact) mass is 577 g/mol. The molecule has 0 spiro atoms. The number of carbonyl (C=O) groups is 3. The number of hydrogen-bond acceptors (Lipinski definition) is 5. The fraction of sp³-hybridized carbons (Fsp3) is 0.118. The molecule has 3 amide bonds. The summed E-state index contributed by atoms with van der Waals surface area (Å²) >= 11 is 1.02. The minimum absolute atomic E-state index is 0.0663. The van der Waals surface area contributed by atoms with Crippen molar-refractivity contribution < 1.29 is 19.1 Å². The van der Waals surface area contributed by atoms with E-state index in [1.54, 1.807) is 62.6 Å². The number of thioether (sulfide) groups is 1. The number of ether oxygens (including phenoxy) is 1. The number of aliphatic imine (C=N–C) groups is 1. The lowest BCUT2D eigenvalue weighted by Gasteiger charge is -2.28. The lowest BCUT2D eigenvalue weighted by molar-refractivity contribution is -0.126. The maximum atomic E-state index is 13.8. The molecule has 7 nitrogen and oxygen atoms in total. The molecule has 0 radical (unpaired) electrons. The van der Waals surface area contributed by atoms with Crippen molar-refractivity contribution in [2.24, 2.45) is 4.99 Å². The van der Waals surface area contributed by atoms with Crippen molar-refractivity contribution in [1.82, 2.24) is 10.2 Å². The van der Waals surface area contributed by atoms with Crippen molar-refractivity contribution in [3.63, 3.8) is 0 Å². The first-order valence-electron chi connectivity index (χ1n) is 13.3. The van der Waals surface area contributed by atoms with Crippen LogP contribution in [0.1, 0.15) is 29.7 Å². The Balaban J connectivity index is 1.61. The number of nitrogens with one attached hydrogen (secondary N) is 1. The van der Waals surface area contributed by atoms with Gasteiger partial charge in [0.1, 0.15) is 11.3 Å². The standard InChI is InChI=1S/C34H31N3O4S/c1-4-6-19-27(5-2)37-33(40)29(22-24-14-13-20-28(21-24)41-3)32(39)36-34(37)42-23-30(38)35-31(25-15-9-7-10-16-25)26-17-11-8-12-18-26/h4-22,31H,1,23H2,2-3H3,(H,35,38)/b19-6-,27-5+,29-22+. The van der Waals surface area contributed by atoms with E-state index in [9.17, 15) is 14.4 Å². The normalized spacial score (nSPS) is 14.8. The van der Waals surface area contributed by atoms with Crippen LogP contribution in [-0.4, -0.2) is 40.7 Å². The van der Waals surface area contributed by atoms with Crippen LogP contribution < -0.4 is 10.1 Å². The van der Waals surface area contributed by atoms with Crippen molar-refractivity contribution in [2.75, 3.05) is 12.9 Å². The van der Waals surface area contributed by atoms with E-state index in [-0.39, 0.29) is 28.4 Å². The highest BCUT2D eigenvalue weighted by atomic mass is 32.2. The van der Waals surface area contributed by atoms with Crippen molar-refractivity contribution in [3.05, 3.63) is 144 Å². The summed E-state index contributed by atoms with van der Waals surface area (Å²) in [5.41, 5.74) is 2.87. The SMILES string of the molecule is C=C/C=C\C(=C/C)N1C(=O)/C(=C/c2cccc(OC)c2)C(=O)N=C1SCC(=O)NC(c1ccccc1)c1ccccc1. The third-order valence-electron chi connectivity index (χ3n) is 6.32. The topological polar surface area (TPSA) is 88.1 Å². The molecule has 0 atom stereocenters. The average Bonchev–Trinajstić information content (AvgIpc) is 3.03. The Morgan fingerprint density at radius 1 is 1.02 bits per heavy atom. The van der Waals surface area contributed by atoms with E-state index in [2.05, 4.69) is 16.9 Å². The number of methoxy groups -OCH3 is 1. The molecule has 0 unspecified atom stereocenters. The van der Waals surface area contributed by atoms with Crippen LogP contribution in [0.25, 0.3) is 6.08 Å². The van der Waals surface area contributed by atoms with E-state index in [0.717, 1.165) is 22.9 Å². The molecule has 1 N–H and O–H groups in total. The van der Waals surface area contributed by atoms with Crippen LogP contribution in [0.2, 0.25) is 0 Å². The summed E-state index contributed by atoms with van der Waals surface area (Å²) < 4.78 is 5.27. The molecule has 42 heavy (non-hydrogen) atoms. The minimum Gasteiger partial charge on any atom is -0.497 e. The van der Waals surface area contributed by atoms with Crippen LogP contribution in [0.15, 0.2) is 132 Å². The Labute approximate surface area is 250 Å². The zero-order valence-electron chi connectivity index (χ0n) is 23.4. The molecule has 0 fully saturated rings. The van der Waals surface area contributed by atoms with Crippen molar-refractivity contribution in [1.29, 1.82) is 0 Å². The maximum absolute atomic E-state index is 13.8. The molecule has 3 aromatic carbocycles. The fourth-order valence-electron chi connectivity index (χ4n) is 4.29. The average molecular weight is 578 g/mol. The molecule has 212 valence electrons. The smallest absolute Gasteiger partial charge is 0.285 e. The molecule has 0 aliphatic carbocycles. The zero-order valence-corrected chi connectivity index (χ0v) is 24.2. The summed E-state index contributed by atoms with van der Waals surface area (Å²) in [6.07, 6.45) is 8.19. The predicted octanol–water partition coefficient (Wildman–Crippen LogP) is 6.09. The van der Waals surface area contributed by atoms with Crippen LogP contribution >= 0.6 is 11.8 Å². The highest BCUT2D eigenvalue weighted by Crippen LogP contribution is 2.27. The molecule has 1 aliphatic rings. The number of amides is 3. The highest BCUT2D eigenvalue weighted by molar-refractivity contribution is 8.14. The summed E-state index contributed by atoms with van der Waals surface area (Å²) in [6.45, 7) is 5.48. The van der Waals surface area contributed by atoms with Gasteiger partial charge >= 0.3 is 0 Å². The molecular formula is C34H31N3O4S. The van der Waals surface area contributed by atoms with Gasteiger partial charge in [-0.05, 0) is 47.9 Å². The summed E-state index contributed by atoms with van der Waals surface area (Å²) in [6, 6.07) is 26.0. The van der Waals surface area contributed by atoms with Gasteiger partial charge in [0.25, 0.3) is 11.8 Å². The zero-order chi connectivity index (χ0) is 29.9. The fourth-order valence-corrected chi connectivity index (χ4v) is 5.10. The third-order valence-corrected chi connectivity index (χ3v) is 7.26. The maximum Gasteiger partial charge on any atom is 0.285 e. The van der Waals surface area contributed by atoms with E-state index < -0.39 is 11.8 Å². The number of amidine groups is 1. The van der Waals surface area contributed by atoms with Gasteiger partial charge < -0.3 is 10.1 Å². The Morgan fingerprint density at radius 2 is 1.69 bits per heavy atom. The third kappa shape index (κ3) is 7.41. The molecule has 1 aliphatic heterocycles. The van der Waals surface area contributed by atoms with Gasteiger partial charge in [-0.1, -0.05) is 109 Å². The van der Waals surface area contributed by atoms with Crippen molar-refractivity contribution in [2.45, 2.75) is 13.0 Å². The predicted molar refractivity (Wildman–Crippen MR) is 169 cm³/mol. The van der Waals surface area contributed by atoms with Gasteiger partial charge in [-0.3, -0.25) is 19.3 Å². The van der Waals surface area contributed by atoms with Crippen molar-refractivity contribution >= 4 is 40.7 Å². The van der Waals surface area contributed by atoms with E-state index >= 15 is 0 Å². The quantitative estimate of drug-likeness (QED) is 0.179. The van der Waals surface area contributed by atoms with Gasteiger partial charge in [0.2, 0.25) is 5.91 Å². The Morgan fingerprint density at radius 3 is 2.29 bits per heavy atom. The minimum atomic E-state index is -0.684. The number of allylic oxidation sites excluding steroid dienone is 4. The van der Waals surface area contributed by atoms with Gasteiger partial charge in [0, 0.05) is 5.70 Å². The molecule has 0 saturated carbocycles. The van der Waals surface area contributed by atoms with Crippen LogP contribution in [0.5, 0.6) is 5.75 Å². The first-order chi connectivity index (χ1) is 20.4. The van der Waals surface area contributed by atoms with Crippen LogP contribution in [0.4, 0.5) is 0 Å². The van der Waals surface area contributed by atoms with Gasteiger partial charge in [-0.2, -0.15) is 4.99 Å². The molecule has 3 aromatic rings. The second-order valence-corrected chi connectivity index (χ2v) is 10.0. The molecule has 8 heteroatoms. The summed E-state index contributed by atoms with van der Waals surface area (Å²) in [7, 11) is 1.54. The number of rotatable bonds is 10.